The molecule has 1 saturated heterocycles. The SMILES string of the molecule is Cc1cccc(N2CCN(C(=O)NCCOc3ccc(Cl)cc3)CC2)c1C. The molecule has 1 heterocycles. The molecule has 6 heteroatoms. The first-order valence-corrected chi connectivity index (χ1v) is 9.64. The monoisotopic (exact) mass is 387 g/mol. The zero-order chi connectivity index (χ0) is 19.2. The van der Waals surface area contributed by atoms with E-state index in [9.17, 15) is 4.79 Å². The van der Waals surface area contributed by atoms with Crippen LogP contribution in [0.5, 0.6) is 5.75 Å². The summed E-state index contributed by atoms with van der Waals surface area (Å²) in [7, 11) is 0. The molecule has 1 N–H and O–H groups in total. The summed E-state index contributed by atoms with van der Waals surface area (Å²) in [6.07, 6.45) is 0. The molecule has 5 nitrogen and oxygen atoms in total. The highest BCUT2D eigenvalue weighted by Crippen LogP contribution is 2.23. The molecular weight excluding hydrogens is 362 g/mol. The van der Waals surface area contributed by atoms with Crippen LogP contribution in [0.2, 0.25) is 5.02 Å². The van der Waals surface area contributed by atoms with Gasteiger partial charge in [0.1, 0.15) is 12.4 Å². The first kappa shape index (κ1) is 19.4. The maximum Gasteiger partial charge on any atom is 0.317 e. The van der Waals surface area contributed by atoms with Crippen LogP contribution in [-0.4, -0.2) is 50.3 Å². The number of carbonyl (C=O) groups excluding carboxylic acids is 1. The lowest BCUT2D eigenvalue weighted by molar-refractivity contribution is 0.191. The van der Waals surface area contributed by atoms with Gasteiger partial charge in [-0.3, -0.25) is 0 Å². The Balaban J connectivity index is 1.40. The lowest BCUT2D eigenvalue weighted by Crippen LogP contribution is -2.52. The molecule has 2 aromatic rings. The minimum absolute atomic E-state index is 0.0321. The summed E-state index contributed by atoms with van der Waals surface area (Å²) in [5.74, 6) is 0.746. The van der Waals surface area contributed by atoms with Gasteiger partial charge >= 0.3 is 6.03 Å². The third-order valence-electron chi connectivity index (χ3n) is 4.94. The first-order valence-electron chi connectivity index (χ1n) is 9.27. The first-order chi connectivity index (χ1) is 13.0. The number of rotatable bonds is 5. The molecule has 2 amide bonds. The molecule has 3 rings (SSSR count). The molecule has 0 unspecified atom stereocenters. The smallest absolute Gasteiger partial charge is 0.317 e. The Morgan fingerprint density at radius 3 is 2.48 bits per heavy atom. The fourth-order valence-electron chi connectivity index (χ4n) is 3.20. The number of urea groups is 1. The second kappa shape index (κ2) is 9.00. The van der Waals surface area contributed by atoms with Crippen LogP contribution in [0.4, 0.5) is 10.5 Å². The van der Waals surface area contributed by atoms with E-state index in [1.807, 2.05) is 17.0 Å². The maximum absolute atomic E-state index is 12.3. The van der Waals surface area contributed by atoms with Crippen molar-refractivity contribution < 1.29 is 9.53 Å². The zero-order valence-corrected chi connectivity index (χ0v) is 16.6. The Hall–Kier alpha value is -2.40. The van der Waals surface area contributed by atoms with E-state index < -0.39 is 0 Å². The Morgan fingerprint density at radius 1 is 1.07 bits per heavy atom. The topological polar surface area (TPSA) is 44.8 Å². The number of nitrogens with zero attached hydrogens (tertiary/aromatic N) is 2. The molecule has 1 aliphatic rings. The van der Waals surface area contributed by atoms with Crippen LogP contribution in [0.25, 0.3) is 0 Å². The van der Waals surface area contributed by atoms with Gasteiger partial charge in [-0.05, 0) is 55.3 Å². The average molecular weight is 388 g/mol. The van der Waals surface area contributed by atoms with E-state index in [0.29, 0.717) is 18.2 Å². The van der Waals surface area contributed by atoms with Crippen LogP contribution >= 0.6 is 11.6 Å². The number of carbonyl (C=O) groups is 1. The van der Waals surface area contributed by atoms with Gasteiger partial charge in [-0.25, -0.2) is 4.79 Å². The largest absolute Gasteiger partial charge is 0.492 e. The van der Waals surface area contributed by atoms with Crippen LogP contribution in [-0.2, 0) is 0 Å². The van der Waals surface area contributed by atoms with Crippen molar-refractivity contribution in [3.8, 4) is 5.75 Å². The number of aryl methyl sites for hydroxylation is 1. The average Bonchev–Trinajstić information content (AvgIpc) is 2.69. The number of halogens is 1. The summed E-state index contributed by atoms with van der Waals surface area (Å²) in [6, 6.07) is 13.6. The van der Waals surface area contributed by atoms with E-state index >= 15 is 0 Å². The standard InChI is InChI=1S/C21H26ClN3O2/c1-16-4-3-5-20(17(16)2)24-11-13-25(14-12-24)21(26)23-10-15-27-19-8-6-18(22)7-9-19/h3-9H,10-15H2,1-2H3,(H,23,26). The van der Waals surface area contributed by atoms with Crippen LogP contribution < -0.4 is 15.0 Å². The summed E-state index contributed by atoms with van der Waals surface area (Å²) in [5, 5.41) is 3.60. The molecule has 144 valence electrons. The summed E-state index contributed by atoms with van der Waals surface area (Å²) >= 11 is 5.84. The Bertz CT molecular complexity index is 771. The van der Waals surface area contributed by atoms with Crippen molar-refractivity contribution in [2.45, 2.75) is 13.8 Å². The predicted octanol–water partition coefficient (Wildman–Crippen LogP) is 3.87. The number of anilines is 1. The minimum atomic E-state index is -0.0321. The molecular formula is C21H26ClN3O2. The lowest BCUT2D eigenvalue weighted by atomic mass is 10.1. The summed E-state index contributed by atoms with van der Waals surface area (Å²) in [6.45, 7) is 8.32. The highest BCUT2D eigenvalue weighted by atomic mass is 35.5. The van der Waals surface area contributed by atoms with Crippen molar-refractivity contribution in [1.29, 1.82) is 0 Å². The van der Waals surface area contributed by atoms with E-state index in [2.05, 4.69) is 42.3 Å². The number of hydrogen-bond acceptors (Lipinski definition) is 3. The number of ether oxygens (including phenoxy) is 1. The Morgan fingerprint density at radius 2 is 1.78 bits per heavy atom. The second-order valence-electron chi connectivity index (χ2n) is 6.73. The van der Waals surface area contributed by atoms with E-state index in [1.54, 1.807) is 12.1 Å². The number of piperazine rings is 1. The lowest BCUT2D eigenvalue weighted by Gasteiger charge is -2.37. The predicted molar refractivity (Wildman–Crippen MR) is 110 cm³/mol. The minimum Gasteiger partial charge on any atom is -0.492 e. The maximum atomic E-state index is 12.3. The molecule has 2 aromatic carbocycles. The molecule has 1 fully saturated rings. The van der Waals surface area contributed by atoms with Gasteiger partial charge in [0.15, 0.2) is 0 Å². The fourth-order valence-corrected chi connectivity index (χ4v) is 3.32. The van der Waals surface area contributed by atoms with E-state index in [1.165, 1.54) is 16.8 Å². The molecule has 0 radical (unpaired) electrons. The fraction of sp³-hybridized carbons (Fsp3) is 0.381. The van der Waals surface area contributed by atoms with Crippen LogP contribution in [0.3, 0.4) is 0 Å². The number of benzene rings is 2. The van der Waals surface area contributed by atoms with E-state index in [4.69, 9.17) is 16.3 Å². The van der Waals surface area contributed by atoms with Crippen molar-refractivity contribution in [3.63, 3.8) is 0 Å². The van der Waals surface area contributed by atoms with E-state index in [0.717, 1.165) is 31.9 Å². The van der Waals surface area contributed by atoms with Gasteiger partial charge in [-0.2, -0.15) is 0 Å². The number of amides is 2. The molecule has 1 aliphatic heterocycles. The molecule has 27 heavy (non-hydrogen) atoms. The zero-order valence-electron chi connectivity index (χ0n) is 15.9. The summed E-state index contributed by atoms with van der Waals surface area (Å²) in [5.41, 5.74) is 3.88. The van der Waals surface area contributed by atoms with Crippen molar-refractivity contribution in [2.24, 2.45) is 0 Å². The van der Waals surface area contributed by atoms with Crippen molar-refractivity contribution in [3.05, 3.63) is 58.6 Å². The highest BCUT2D eigenvalue weighted by Gasteiger charge is 2.22. The van der Waals surface area contributed by atoms with Crippen LogP contribution in [0.1, 0.15) is 11.1 Å². The van der Waals surface area contributed by atoms with Gasteiger partial charge in [0.05, 0.1) is 6.54 Å². The van der Waals surface area contributed by atoms with Gasteiger partial charge in [0.25, 0.3) is 0 Å². The summed E-state index contributed by atoms with van der Waals surface area (Å²) < 4.78 is 5.60. The van der Waals surface area contributed by atoms with Crippen molar-refractivity contribution in [2.75, 3.05) is 44.2 Å². The molecule has 0 atom stereocenters. The van der Waals surface area contributed by atoms with E-state index in [-0.39, 0.29) is 6.03 Å². The van der Waals surface area contributed by atoms with Gasteiger partial charge in [0.2, 0.25) is 0 Å². The molecule has 0 aliphatic carbocycles. The van der Waals surface area contributed by atoms with Gasteiger partial charge in [0, 0.05) is 36.9 Å². The van der Waals surface area contributed by atoms with Crippen LogP contribution in [0, 0.1) is 13.8 Å². The molecule has 0 aromatic heterocycles. The van der Waals surface area contributed by atoms with Crippen molar-refractivity contribution in [1.82, 2.24) is 10.2 Å². The third kappa shape index (κ3) is 5.07. The summed E-state index contributed by atoms with van der Waals surface area (Å²) in [4.78, 5) is 16.6. The van der Waals surface area contributed by atoms with Crippen molar-refractivity contribution >= 4 is 23.3 Å². The quantitative estimate of drug-likeness (QED) is 0.792. The number of hydrogen-bond donors (Lipinski definition) is 1. The molecule has 0 spiro atoms. The highest BCUT2D eigenvalue weighted by molar-refractivity contribution is 6.30. The number of nitrogens with one attached hydrogen (secondary N) is 1. The molecule has 0 saturated carbocycles. The third-order valence-corrected chi connectivity index (χ3v) is 5.20. The van der Waals surface area contributed by atoms with Gasteiger partial charge in [-0.1, -0.05) is 23.7 Å². The second-order valence-corrected chi connectivity index (χ2v) is 7.16. The molecule has 0 bridgehead atoms. The normalized spacial score (nSPS) is 14.2. The Kier molecular flexibility index (Phi) is 6.45. The Labute approximate surface area is 165 Å². The van der Waals surface area contributed by atoms with Gasteiger partial charge < -0.3 is 19.9 Å². The van der Waals surface area contributed by atoms with Gasteiger partial charge in [-0.15, -0.1) is 0 Å². The van der Waals surface area contributed by atoms with Crippen LogP contribution in [0.15, 0.2) is 42.5 Å².